The van der Waals surface area contributed by atoms with Crippen LogP contribution < -0.4 is 10.2 Å². The van der Waals surface area contributed by atoms with Crippen molar-refractivity contribution < 1.29 is 9.18 Å². The first-order valence-corrected chi connectivity index (χ1v) is 10.7. The number of hydrogen-bond donors (Lipinski definition) is 1. The van der Waals surface area contributed by atoms with Crippen LogP contribution in [-0.4, -0.2) is 58.7 Å². The van der Waals surface area contributed by atoms with Gasteiger partial charge in [0, 0.05) is 36.3 Å². The van der Waals surface area contributed by atoms with E-state index >= 15 is 0 Å². The maximum absolute atomic E-state index is 13.1. The number of rotatable bonds is 7. The summed E-state index contributed by atoms with van der Waals surface area (Å²) in [6, 6.07) is 10.3. The first-order valence-electron chi connectivity index (χ1n) is 9.83. The lowest BCUT2D eigenvalue weighted by Crippen LogP contribution is -2.42. The Labute approximate surface area is 178 Å². The first kappa shape index (κ1) is 20.4. The fraction of sp³-hybridized carbons (Fsp3) is 0.333. The van der Waals surface area contributed by atoms with E-state index in [1.807, 2.05) is 29.5 Å². The van der Waals surface area contributed by atoms with E-state index in [1.165, 1.54) is 23.5 Å². The monoisotopic (exact) mass is 426 g/mol. The number of carbonyl (C=O) groups is 1. The zero-order chi connectivity index (χ0) is 20.9. The number of benzene rings is 1. The van der Waals surface area contributed by atoms with Crippen molar-refractivity contribution in [2.75, 3.05) is 36.9 Å². The number of likely N-dealkylation sites (N-methyl/N-ethyl adjacent to an activating group) is 1. The Morgan fingerprint density at radius 3 is 2.93 bits per heavy atom. The smallest absolute Gasteiger partial charge is 0.240 e. The zero-order valence-electron chi connectivity index (χ0n) is 16.7. The third kappa shape index (κ3) is 4.98. The number of hydrogen-bond acceptors (Lipinski definition) is 7. The summed E-state index contributed by atoms with van der Waals surface area (Å²) in [5.41, 5.74) is 1.53. The van der Waals surface area contributed by atoms with Crippen LogP contribution in [0.5, 0.6) is 0 Å². The molecular formula is C21H23FN6OS. The normalized spacial score (nSPS) is 16.2. The molecule has 1 N–H and O–H groups in total. The highest BCUT2D eigenvalue weighted by Crippen LogP contribution is 2.25. The fourth-order valence-electron chi connectivity index (χ4n) is 3.69. The molecule has 0 saturated carbocycles. The summed E-state index contributed by atoms with van der Waals surface area (Å²) in [7, 11) is 1.94. The minimum absolute atomic E-state index is 0.110. The summed E-state index contributed by atoms with van der Waals surface area (Å²) >= 11 is 1.36. The fourth-order valence-corrected chi connectivity index (χ4v) is 4.42. The Hall–Kier alpha value is -2.91. The van der Waals surface area contributed by atoms with Crippen LogP contribution in [0.1, 0.15) is 12.8 Å². The van der Waals surface area contributed by atoms with Gasteiger partial charge in [0.25, 0.3) is 0 Å². The van der Waals surface area contributed by atoms with E-state index in [2.05, 4.69) is 25.4 Å². The van der Waals surface area contributed by atoms with Crippen molar-refractivity contribution in [2.45, 2.75) is 18.9 Å². The van der Waals surface area contributed by atoms with Crippen LogP contribution in [-0.2, 0) is 4.79 Å². The van der Waals surface area contributed by atoms with Gasteiger partial charge in [-0.3, -0.25) is 9.69 Å². The van der Waals surface area contributed by atoms with E-state index in [-0.39, 0.29) is 18.3 Å². The molecule has 4 rings (SSSR count). The predicted octanol–water partition coefficient (Wildman–Crippen LogP) is 3.28. The SMILES string of the molecule is CN(CC(=O)Nc1nc(-c2ccc(F)cc2)cs1)CC1CCCN1c1cccnn1. The summed E-state index contributed by atoms with van der Waals surface area (Å²) < 4.78 is 13.1. The van der Waals surface area contributed by atoms with Crippen molar-refractivity contribution >= 4 is 28.2 Å². The Balaban J connectivity index is 1.30. The minimum atomic E-state index is -0.286. The molecule has 1 unspecified atom stereocenters. The maximum Gasteiger partial charge on any atom is 0.240 e. The average molecular weight is 427 g/mol. The molecule has 1 saturated heterocycles. The molecule has 0 aliphatic carbocycles. The van der Waals surface area contributed by atoms with Crippen molar-refractivity contribution in [1.82, 2.24) is 20.1 Å². The van der Waals surface area contributed by atoms with Gasteiger partial charge in [0.2, 0.25) is 5.91 Å². The van der Waals surface area contributed by atoms with E-state index in [1.54, 1.807) is 18.3 Å². The molecular weight excluding hydrogens is 403 g/mol. The summed E-state index contributed by atoms with van der Waals surface area (Å²) in [5.74, 6) is 0.487. The van der Waals surface area contributed by atoms with Gasteiger partial charge in [0.15, 0.2) is 10.9 Å². The Bertz CT molecular complexity index is 981. The molecule has 1 aliphatic rings. The first-order chi connectivity index (χ1) is 14.6. The van der Waals surface area contributed by atoms with Crippen molar-refractivity contribution in [3.8, 4) is 11.3 Å². The molecule has 1 atom stereocenters. The standard InChI is InChI=1S/C21H23FN6OS/c1-27(12-17-4-3-11-28(17)19-5-2-10-23-26-19)13-20(29)25-21-24-18(14-30-21)15-6-8-16(22)9-7-15/h2,5-10,14,17H,3-4,11-13H2,1H3,(H,24,25,29). The number of anilines is 2. The third-order valence-corrected chi connectivity index (χ3v) is 5.81. The topological polar surface area (TPSA) is 74.2 Å². The van der Waals surface area contributed by atoms with E-state index < -0.39 is 0 Å². The number of thiazole rings is 1. The molecule has 1 amide bonds. The van der Waals surface area contributed by atoms with E-state index in [4.69, 9.17) is 0 Å². The predicted molar refractivity (Wildman–Crippen MR) is 116 cm³/mol. The van der Waals surface area contributed by atoms with Crippen LogP contribution in [0.2, 0.25) is 0 Å². The highest BCUT2D eigenvalue weighted by atomic mass is 32.1. The average Bonchev–Trinajstić information content (AvgIpc) is 3.39. The van der Waals surface area contributed by atoms with Crippen molar-refractivity contribution in [1.29, 1.82) is 0 Å². The van der Waals surface area contributed by atoms with Crippen LogP contribution in [0.15, 0.2) is 48.0 Å². The molecule has 1 aromatic carbocycles. The summed E-state index contributed by atoms with van der Waals surface area (Å²) in [5, 5.41) is 13.4. The van der Waals surface area contributed by atoms with E-state index in [0.29, 0.717) is 16.9 Å². The van der Waals surface area contributed by atoms with Crippen LogP contribution in [0.25, 0.3) is 11.3 Å². The van der Waals surface area contributed by atoms with Crippen molar-refractivity contribution in [2.24, 2.45) is 0 Å². The van der Waals surface area contributed by atoms with E-state index in [0.717, 1.165) is 37.3 Å². The Kier molecular flexibility index (Phi) is 6.29. The molecule has 1 fully saturated rings. The molecule has 1 aliphatic heterocycles. The van der Waals surface area contributed by atoms with Crippen LogP contribution in [0, 0.1) is 5.82 Å². The third-order valence-electron chi connectivity index (χ3n) is 5.06. The minimum Gasteiger partial charge on any atom is -0.351 e. The zero-order valence-corrected chi connectivity index (χ0v) is 17.5. The molecule has 3 heterocycles. The highest BCUT2D eigenvalue weighted by molar-refractivity contribution is 7.14. The van der Waals surface area contributed by atoms with Gasteiger partial charge < -0.3 is 10.2 Å². The largest absolute Gasteiger partial charge is 0.351 e. The molecule has 156 valence electrons. The molecule has 30 heavy (non-hydrogen) atoms. The molecule has 2 aromatic heterocycles. The maximum atomic E-state index is 13.1. The molecule has 3 aromatic rings. The molecule has 0 bridgehead atoms. The van der Waals surface area contributed by atoms with Crippen LogP contribution in [0.4, 0.5) is 15.3 Å². The van der Waals surface area contributed by atoms with Crippen LogP contribution >= 0.6 is 11.3 Å². The van der Waals surface area contributed by atoms with Gasteiger partial charge in [-0.25, -0.2) is 9.37 Å². The number of nitrogens with zero attached hydrogens (tertiary/aromatic N) is 5. The number of aromatic nitrogens is 3. The lowest BCUT2D eigenvalue weighted by atomic mass is 10.2. The summed E-state index contributed by atoms with van der Waals surface area (Å²) in [6.07, 6.45) is 3.84. The lowest BCUT2D eigenvalue weighted by Gasteiger charge is -2.28. The Morgan fingerprint density at radius 1 is 1.33 bits per heavy atom. The molecule has 0 spiro atoms. The van der Waals surface area contributed by atoms with Crippen LogP contribution in [0.3, 0.4) is 0 Å². The second-order valence-electron chi connectivity index (χ2n) is 7.36. The van der Waals surface area contributed by atoms with Gasteiger partial charge in [-0.2, -0.15) is 5.10 Å². The van der Waals surface area contributed by atoms with Crippen molar-refractivity contribution in [3.05, 3.63) is 53.8 Å². The molecule has 9 heteroatoms. The van der Waals surface area contributed by atoms with Gasteiger partial charge in [-0.1, -0.05) is 0 Å². The number of amides is 1. The molecule has 0 radical (unpaired) electrons. The molecule has 7 nitrogen and oxygen atoms in total. The van der Waals surface area contributed by atoms with Gasteiger partial charge in [-0.05, 0) is 56.3 Å². The number of nitrogens with one attached hydrogen (secondary N) is 1. The van der Waals surface area contributed by atoms with Gasteiger partial charge in [-0.15, -0.1) is 16.4 Å². The second-order valence-corrected chi connectivity index (χ2v) is 8.22. The Morgan fingerprint density at radius 2 is 2.17 bits per heavy atom. The summed E-state index contributed by atoms with van der Waals surface area (Å²) in [4.78, 5) is 21.2. The quantitative estimate of drug-likeness (QED) is 0.625. The van der Waals surface area contributed by atoms with E-state index in [9.17, 15) is 9.18 Å². The van der Waals surface area contributed by atoms with Gasteiger partial charge >= 0.3 is 0 Å². The number of halogens is 1. The summed E-state index contributed by atoms with van der Waals surface area (Å²) in [6.45, 7) is 1.99. The highest BCUT2D eigenvalue weighted by Gasteiger charge is 2.27. The second kappa shape index (κ2) is 9.27. The van der Waals surface area contributed by atoms with Gasteiger partial charge in [0.1, 0.15) is 5.82 Å². The van der Waals surface area contributed by atoms with Crippen molar-refractivity contribution in [3.63, 3.8) is 0 Å². The number of carbonyl (C=O) groups excluding carboxylic acids is 1. The van der Waals surface area contributed by atoms with Gasteiger partial charge in [0.05, 0.1) is 12.2 Å². The lowest BCUT2D eigenvalue weighted by molar-refractivity contribution is -0.117.